The first-order valence-electron chi connectivity index (χ1n) is 9.11. The van der Waals surface area contributed by atoms with E-state index in [-0.39, 0.29) is 6.61 Å². The van der Waals surface area contributed by atoms with Crippen LogP contribution in [0.3, 0.4) is 0 Å². The summed E-state index contributed by atoms with van der Waals surface area (Å²) in [7, 11) is 2.20. The standard InChI is InChI=1S/C19H29N5O/c1-16-18(15-24(21-16)10-11-25)14-23(13-17-4-3-7-20-12-17)19-5-8-22(2)9-6-19/h3-4,7,12,15,19,25H,5-6,8-11,13-14H2,1-2H3. The van der Waals surface area contributed by atoms with E-state index in [1.807, 2.05) is 23.1 Å². The van der Waals surface area contributed by atoms with Gasteiger partial charge in [-0.15, -0.1) is 0 Å². The number of aromatic nitrogens is 3. The molecular weight excluding hydrogens is 314 g/mol. The zero-order valence-electron chi connectivity index (χ0n) is 15.3. The number of pyridine rings is 1. The SMILES string of the molecule is Cc1nn(CCO)cc1CN(Cc1cccnc1)C1CCN(C)CC1. The summed E-state index contributed by atoms with van der Waals surface area (Å²) in [5.74, 6) is 0. The van der Waals surface area contributed by atoms with Gasteiger partial charge in [-0.05, 0) is 51.5 Å². The van der Waals surface area contributed by atoms with E-state index >= 15 is 0 Å². The molecule has 1 aliphatic rings. The molecule has 0 saturated carbocycles. The molecule has 3 rings (SSSR count). The topological polar surface area (TPSA) is 57.4 Å². The summed E-state index contributed by atoms with van der Waals surface area (Å²) in [6.45, 7) is 6.83. The number of nitrogens with zero attached hydrogens (tertiary/aromatic N) is 5. The predicted molar refractivity (Wildman–Crippen MR) is 98.1 cm³/mol. The largest absolute Gasteiger partial charge is 0.394 e. The number of aryl methyl sites for hydroxylation is 1. The van der Waals surface area contributed by atoms with Crippen molar-refractivity contribution in [2.45, 2.75) is 45.4 Å². The van der Waals surface area contributed by atoms with Crippen LogP contribution in [0, 0.1) is 6.92 Å². The molecule has 0 amide bonds. The molecule has 0 bridgehead atoms. The fraction of sp³-hybridized carbons (Fsp3) is 0.579. The van der Waals surface area contributed by atoms with Gasteiger partial charge in [0.25, 0.3) is 0 Å². The summed E-state index contributed by atoms with van der Waals surface area (Å²) in [5, 5.41) is 13.7. The van der Waals surface area contributed by atoms with Crippen LogP contribution in [0.1, 0.15) is 29.7 Å². The second kappa shape index (κ2) is 8.56. The summed E-state index contributed by atoms with van der Waals surface area (Å²) in [5.41, 5.74) is 3.55. The molecule has 0 aliphatic carbocycles. The molecule has 25 heavy (non-hydrogen) atoms. The second-order valence-electron chi connectivity index (χ2n) is 7.03. The molecule has 1 saturated heterocycles. The van der Waals surface area contributed by atoms with E-state index in [2.05, 4.69) is 46.1 Å². The third-order valence-corrected chi connectivity index (χ3v) is 5.06. The van der Waals surface area contributed by atoms with Crippen LogP contribution < -0.4 is 0 Å². The lowest BCUT2D eigenvalue weighted by molar-refractivity contribution is 0.108. The molecule has 1 fully saturated rings. The molecule has 1 aliphatic heterocycles. The Morgan fingerprint density at radius 1 is 1.28 bits per heavy atom. The van der Waals surface area contributed by atoms with E-state index in [1.165, 1.54) is 24.0 Å². The van der Waals surface area contributed by atoms with Gasteiger partial charge in [0.05, 0.1) is 18.8 Å². The average molecular weight is 343 g/mol. The number of hydrogen-bond acceptors (Lipinski definition) is 5. The lowest BCUT2D eigenvalue weighted by atomic mass is 10.0. The molecule has 0 radical (unpaired) electrons. The first-order chi connectivity index (χ1) is 12.2. The number of hydrogen-bond donors (Lipinski definition) is 1. The highest BCUT2D eigenvalue weighted by Gasteiger charge is 2.24. The molecule has 3 heterocycles. The highest BCUT2D eigenvalue weighted by Crippen LogP contribution is 2.21. The number of piperidine rings is 1. The zero-order chi connectivity index (χ0) is 17.6. The van der Waals surface area contributed by atoms with Crippen molar-refractivity contribution < 1.29 is 5.11 Å². The van der Waals surface area contributed by atoms with Gasteiger partial charge in [0.1, 0.15) is 0 Å². The van der Waals surface area contributed by atoms with E-state index in [4.69, 9.17) is 5.11 Å². The van der Waals surface area contributed by atoms with E-state index in [9.17, 15) is 0 Å². The Morgan fingerprint density at radius 3 is 2.76 bits per heavy atom. The molecule has 0 atom stereocenters. The first-order valence-corrected chi connectivity index (χ1v) is 9.11. The van der Waals surface area contributed by atoms with Crippen molar-refractivity contribution >= 4 is 0 Å². The summed E-state index contributed by atoms with van der Waals surface area (Å²) in [4.78, 5) is 9.24. The van der Waals surface area contributed by atoms with Crippen molar-refractivity contribution in [3.8, 4) is 0 Å². The van der Waals surface area contributed by atoms with Crippen LogP contribution in [0.25, 0.3) is 0 Å². The lowest BCUT2D eigenvalue weighted by Crippen LogP contribution is -2.43. The first kappa shape index (κ1) is 18.0. The maximum Gasteiger partial charge on any atom is 0.0641 e. The van der Waals surface area contributed by atoms with Gasteiger partial charge in [-0.25, -0.2) is 0 Å². The summed E-state index contributed by atoms with van der Waals surface area (Å²) >= 11 is 0. The number of aliphatic hydroxyl groups is 1. The molecule has 2 aromatic heterocycles. The average Bonchev–Trinajstić information content (AvgIpc) is 2.96. The van der Waals surface area contributed by atoms with Gasteiger partial charge in [0, 0.05) is 43.3 Å². The van der Waals surface area contributed by atoms with Gasteiger partial charge in [-0.1, -0.05) is 6.07 Å². The molecular formula is C19H29N5O. The van der Waals surface area contributed by atoms with E-state index in [1.54, 1.807) is 0 Å². The maximum absolute atomic E-state index is 9.14. The van der Waals surface area contributed by atoms with Gasteiger partial charge in [0.15, 0.2) is 0 Å². The summed E-state index contributed by atoms with van der Waals surface area (Å²) in [6.07, 6.45) is 8.26. The minimum atomic E-state index is 0.120. The molecule has 0 spiro atoms. The highest BCUT2D eigenvalue weighted by molar-refractivity contribution is 5.16. The van der Waals surface area contributed by atoms with Crippen LogP contribution in [-0.4, -0.2) is 62.5 Å². The quantitative estimate of drug-likeness (QED) is 0.829. The Hall–Kier alpha value is -1.76. The third-order valence-electron chi connectivity index (χ3n) is 5.06. The van der Waals surface area contributed by atoms with Crippen molar-refractivity contribution in [1.82, 2.24) is 24.6 Å². The van der Waals surface area contributed by atoms with Crippen molar-refractivity contribution in [3.05, 3.63) is 47.5 Å². The van der Waals surface area contributed by atoms with Crippen molar-refractivity contribution in [1.29, 1.82) is 0 Å². The Balaban J connectivity index is 1.75. The van der Waals surface area contributed by atoms with Crippen LogP contribution in [0.4, 0.5) is 0 Å². The monoisotopic (exact) mass is 343 g/mol. The summed E-state index contributed by atoms with van der Waals surface area (Å²) < 4.78 is 1.85. The fourth-order valence-corrected chi connectivity index (χ4v) is 3.55. The zero-order valence-corrected chi connectivity index (χ0v) is 15.3. The van der Waals surface area contributed by atoms with Crippen LogP contribution in [-0.2, 0) is 19.6 Å². The Kier molecular flexibility index (Phi) is 6.18. The van der Waals surface area contributed by atoms with Crippen LogP contribution >= 0.6 is 0 Å². The second-order valence-corrected chi connectivity index (χ2v) is 7.03. The molecule has 0 unspecified atom stereocenters. The van der Waals surface area contributed by atoms with Gasteiger partial charge in [-0.3, -0.25) is 14.6 Å². The molecule has 6 nitrogen and oxygen atoms in total. The Labute approximate surface area is 150 Å². The molecule has 6 heteroatoms. The fourth-order valence-electron chi connectivity index (χ4n) is 3.55. The van der Waals surface area contributed by atoms with Crippen molar-refractivity contribution in [3.63, 3.8) is 0 Å². The van der Waals surface area contributed by atoms with Crippen LogP contribution in [0.15, 0.2) is 30.7 Å². The smallest absolute Gasteiger partial charge is 0.0641 e. The Morgan fingerprint density at radius 2 is 2.08 bits per heavy atom. The van der Waals surface area contributed by atoms with Crippen molar-refractivity contribution in [2.75, 3.05) is 26.7 Å². The number of aliphatic hydroxyl groups excluding tert-OH is 1. The van der Waals surface area contributed by atoms with E-state index in [0.717, 1.165) is 31.9 Å². The minimum Gasteiger partial charge on any atom is -0.394 e. The van der Waals surface area contributed by atoms with E-state index < -0.39 is 0 Å². The van der Waals surface area contributed by atoms with Gasteiger partial charge >= 0.3 is 0 Å². The van der Waals surface area contributed by atoms with Gasteiger partial charge in [0.2, 0.25) is 0 Å². The normalized spacial score (nSPS) is 16.6. The van der Waals surface area contributed by atoms with E-state index in [0.29, 0.717) is 12.6 Å². The van der Waals surface area contributed by atoms with Crippen LogP contribution in [0.2, 0.25) is 0 Å². The lowest BCUT2D eigenvalue weighted by Gasteiger charge is -2.37. The highest BCUT2D eigenvalue weighted by atomic mass is 16.3. The molecule has 1 N–H and O–H groups in total. The van der Waals surface area contributed by atoms with Crippen molar-refractivity contribution in [2.24, 2.45) is 0 Å². The van der Waals surface area contributed by atoms with Gasteiger partial charge < -0.3 is 10.0 Å². The summed E-state index contributed by atoms with van der Waals surface area (Å²) in [6, 6.07) is 4.74. The van der Waals surface area contributed by atoms with Gasteiger partial charge in [-0.2, -0.15) is 5.10 Å². The predicted octanol–water partition coefficient (Wildman–Crippen LogP) is 1.68. The maximum atomic E-state index is 9.14. The third kappa shape index (κ3) is 4.87. The molecule has 136 valence electrons. The minimum absolute atomic E-state index is 0.120. The molecule has 0 aromatic carbocycles. The molecule has 2 aromatic rings. The number of rotatable bonds is 7. The Bertz CT molecular complexity index is 649. The van der Waals surface area contributed by atoms with Crippen LogP contribution in [0.5, 0.6) is 0 Å². The number of likely N-dealkylation sites (tertiary alicyclic amines) is 1.